The normalized spacial score (nSPS) is 12.0. The van der Waals surface area contributed by atoms with Gasteiger partial charge in [0.05, 0.1) is 6.04 Å². The molecule has 1 aromatic carbocycles. The zero-order valence-corrected chi connectivity index (χ0v) is 15.5. The highest BCUT2D eigenvalue weighted by Crippen LogP contribution is 2.23. The van der Waals surface area contributed by atoms with Crippen molar-refractivity contribution in [1.29, 1.82) is 0 Å². The lowest BCUT2D eigenvalue weighted by Gasteiger charge is -2.20. The highest BCUT2D eigenvalue weighted by molar-refractivity contribution is 5.62. The quantitative estimate of drug-likeness (QED) is 0.702. The Morgan fingerprint density at radius 1 is 1.31 bits per heavy atom. The van der Waals surface area contributed by atoms with E-state index in [2.05, 4.69) is 60.0 Å². The predicted molar refractivity (Wildman–Crippen MR) is 107 cm³/mol. The van der Waals surface area contributed by atoms with Gasteiger partial charge in [0.15, 0.2) is 0 Å². The number of aromatic nitrogens is 3. The minimum Gasteiger partial charge on any atom is -0.378 e. The average molecular weight is 347 g/mol. The third kappa shape index (κ3) is 3.77. The summed E-state index contributed by atoms with van der Waals surface area (Å²) in [4.78, 5) is 8.35. The fourth-order valence-electron chi connectivity index (χ4n) is 3.02. The van der Waals surface area contributed by atoms with Crippen LogP contribution < -0.4 is 11.1 Å². The molecule has 3 aromatic rings. The molecule has 0 saturated carbocycles. The smallest absolute Gasteiger partial charge is 0.221 e. The van der Waals surface area contributed by atoms with Gasteiger partial charge in [-0.1, -0.05) is 43.3 Å². The van der Waals surface area contributed by atoms with Gasteiger partial charge >= 0.3 is 0 Å². The van der Waals surface area contributed by atoms with Crippen LogP contribution in [0, 0.1) is 13.8 Å². The summed E-state index contributed by atoms with van der Waals surface area (Å²) in [5, 5.41) is 3.55. The second-order valence-electron chi connectivity index (χ2n) is 6.54. The molecule has 0 bridgehead atoms. The molecule has 2 heterocycles. The van der Waals surface area contributed by atoms with Crippen LogP contribution in [0.25, 0.3) is 11.5 Å². The number of anilines is 1. The van der Waals surface area contributed by atoms with E-state index < -0.39 is 0 Å². The van der Waals surface area contributed by atoms with Crippen molar-refractivity contribution < 1.29 is 0 Å². The third-order valence-corrected chi connectivity index (χ3v) is 4.45. The van der Waals surface area contributed by atoms with Gasteiger partial charge in [0.1, 0.15) is 5.82 Å². The highest BCUT2D eigenvalue weighted by Gasteiger charge is 2.12. The molecule has 134 valence electrons. The fraction of sp³-hybridized carbons (Fsp3) is 0.238. The standard InChI is InChI=1S/C21H25N5/c1-5-19(17-8-6-7-14(2)11-17)24-16(4)18-9-10-26(13-18)20-15(3)12-23-21(22)25-20/h6-13,19,24H,4-5H2,1-3H3,(H2,22,23,25). The molecular weight excluding hydrogens is 322 g/mol. The maximum atomic E-state index is 5.73. The van der Waals surface area contributed by atoms with Gasteiger partial charge < -0.3 is 15.6 Å². The van der Waals surface area contributed by atoms with Crippen LogP contribution in [0.2, 0.25) is 0 Å². The molecule has 0 radical (unpaired) electrons. The van der Waals surface area contributed by atoms with E-state index in [1.807, 2.05) is 30.0 Å². The molecule has 5 nitrogen and oxygen atoms in total. The number of rotatable bonds is 6. The Labute approximate surface area is 154 Å². The first-order chi connectivity index (χ1) is 12.5. The summed E-state index contributed by atoms with van der Waals surface area (Å²) in [7, 11) is 0. The Hall–Kier alpha value is -3.08. The van der Waals surface area contributed by atoms with Crippen LogP contribution in [0.15, 0.2) is 55.5 Å². The molecule has 0 fully saturated rings. The summed E-state index contributed by atoms with van der Waals surface area (Å²) in [6.07, 6.45) is 6.68. The zero-order valence-electron chi connectivity index (χ0n) is 15.5. The number of nitrogens with two attached hydrogens (primary N) is 1. The molecule has 5 heteroatoms. The van der Waals surface area contributed by atoms with Gasteiger partial charge in [0.25, 0.3) is 0 Å². The number of nitrogens with zero attached hydrogens (tertiary/aromatic N) is 3. The van der Waals surface area contributed by atoms with Crippen LogP contribution in [-0.4, -0.2) is 14.5 Å². The van der Waals surface area contributed by atoms with Crippen molar-refractivity contribution in [3.63, 3.8) is 0 Å². The summed E-state index contributed by atoms with van der Waals surface area (Å²) in [5.41, 5.74) is 11.1. The molecule has 0 aliphatic rings. The van der Waals surface area contributed by atoms with Gasteiger partial charge in [0.2, 0.25) is 5.95 Å². The minimum absolute atomic E-state index is 0.224. The molecule has 0 aliphatic heterocycles. The zero-order chi connectivity index (χ0) is 18.7. The van der Waals surface area contributed by atoms with Gasteiger partial charge in [0, 0.05) is 35.4 Å². The number of hydrogen-bond donors (Lipinski definition) is 2. The summed E-state index contributed by atoms with van der Waals surface area (Å²) in [6.45, 7) is 10.5. The van der Waals surface area contributed by atoms with Crippen molar-refractivity contribution >= 4 is 11.6 Å². The molecule has 1 atom stereocenters. The van der Waals surface area contributed by atoms with Crippen molar-refractivity contribution in [3.05, 3.63) is 77.8 Å². The maximum Gasteiger partial charge on any atom is 0.221 e. The highest BCUT2D eigenvalue weighted by atomic mass is 15.1. The Bertz CT molecular complexity index is 926. The SMILES string of the molecule is C=C(NC(CC)c1cccc(C)c1)c1ccn(-c2nc(N)ncc2C)c1. The largest absolute Gasteiger partial charge is 0.378 e. The first-order valence-electron chi connectivity index (χ1n) is 8.77. The lowest BCUT2D eigenvalue weighted by molar-refractivity contribution is 0.614. The van der Waals surface area contributed by atoms with E-state index in [0.717, 1.165) is 29.1 Å². The Morgan fingerprint density at radius 2 is 2.12 bits per heavy atom. The molecule has 2 aromatic heterocycles. The minimum atomic E-state index is 0.224. The fourth-order valence-corrected chi connectivity index (χ4v) is 3.02. The molecule has 3 rings (SSSR count). The molecule has 0 aliphatic carbocycles. The van der Waals surface area contributed by atoms with E-state index in [1.54, 1.807) is 6.20 Å². The number of nitrogen functional groups attached to an aromatic ring is 1. The van der Waals surface area contributed by atoms with Crippen molar-refractivity contribution in [1.82, 2.24) is 19.9 Å². The summed E-state index contributed by atoms with van der Waals surface area (Å²) in [5.74, 6) is 1.05. The molecule has 26 heavy (non-hydrogen) atoms. The van der Waals surface area contributed by atoms with E-state index in [0.29, 0.717) is 0 Å². The Balaban J connectivity index is 1.80. The molecule has 0 amide bonds. The monoisotopic (exact) mass is 347 g/mol. The van der Waals surface area contributed by atoms with Crippen molar-refractivity contribution in [2.75, 3.05) is 5.73 Å². The van der Waals surface area contributed by atoms with E-state index in [1.165, 1.54) is 11.1 Å². The Kier molecular flexibility index (Phi) is 5.07. The summed E-state index contributed by atoms with van der Waals surface area (Å²) < 4.78 is 1.95. The van der Waals surface area contributed by atoms with E-state index in [9.17, 15) is 0 Å². The predicted octanol–water partition coefficient (Wildman–Crippen LogP) is 4.18. The molecule has 0 spiro atoms. The van der Waals surface area contributed by atoms with Crippen LogP contribution in [0.3, 0.4) is 0 Å². The van der Waals surface area contributed by atoms with Crippen molar-refractivity contribution in [2.45, 2.75) is 33.2 Å². The molecular formula is C21H25N5. The topological polar surface area (TPSA) is 68.8 Å². The number of nitrogens with one attached hydrogen (secondary N) is 1. The van der Waals surface area contributed by atoms with Crippen LogP contribution >= 0.6 is 0 Å². The van der Waals surface area contributed by atoms with Gasteiger partial charge in [-0.25, -0.2) is 4.98 Å². The van der Waals surface area contributed by atoms with Gasteiger partial charge in [-0.2, -0.15) is 4.98 Å². The van der Waals surface area contributed by atoms with Crippen LogP contribution in [0.1, 0.15) is 41.6 Å². The van der Waals surface area contributed by atoms with Gasteiger partial charge in [-0.05, 0) is 31.9 Å². The van der Waals surface area contributed by atoms with Gasteiger partial charge in [-0.3, -0.25) is 0 Å². The first-order valence-corrected chi connectivity index (χ1v) is 8.77. The lowest BCUT2D eigenvalue weighted by atomic mass is 10.0. The van der Waals surface area contributed by atoms with Gasteiger partial charge in [-0.15, -0.1) is 0 Å². The number of hydrogen-bond acceptors (Lipinski definition) is 4. The van der Waals surface area contributed by atoms with E-state index >= 15 is 0 Å². The number of aryl methyl sites for hydroxylation is 2. The third-order valence-electron chi connectivity index (χ3n) is 4.45. The summed E-state index contributed by atoms with van der Waals surface area (Å²) >= 11 is 0. The van der Waals surface area contributed by atoms with E-state index in [-0.39, 0.29) is 12.0 Å². The molecule has 3 N–H and O–H groups in total. The second kappa shape index (κ2) is 7.44. The molecule has 0 saturated heterocycles. The van der Waals surface area contributed by atoms with Crippen molar-refractivity contribution in [3.8, 4) is 5.82 Å². The average Bonchev–Trinajstić information content (AvgIpc) is 3.11. The number of benzene rings is 1. The van der Waals surface area contributed by atoms with Crippen LogP contribution in [0.4, 0.5) is 5.95 Å². The molecule has 1 unspecified atom stereocenters. The van der Waals surface area contributed by atoms with E-state index in [4.69, 9.17) is 5.73 Å². The summed E-state index contributed by atoms with van der Waals surface area (Å²) in [6, 6.07) is 10.8. The Morgan fingerprint density at radius 3 is 2.85 bits per heavy atom. The lowest BCUT2D eigenvalue weighted by Crippen LogP contribution is -2.18. The maximum absolute atomic E-state index is 5.73. The van der Waals surface area contributed by atoms with Crippen LogP contribution in [0.5, 0.6) is 0 Å². The van der Waals surface area contributed by atoms with Crippen molar-refractivity contribution in [2.24, 2.45) is 0 Å². The van der Waals surface area contributed by atoms with Crippen LogP contribution in [-0.2, 0) is 0 Å². The first kappa shape index (κ1) is 17.7. The second-order valence-corrected chi connectivity index (χ2v) is 6.54.